The van der Waals surface area contributed by atoms with E-state index in [0.29, 0.717) is 11.3 Å². The van der Waals surface area contributed by atoms with Gasteiger partial charge in [0.05, 0.1) is 0 Å². The Hall–Kier alpha value is -0.977. The molecular weight excluding hydrogens is 245 g/mol. The molecule has 0 saturated carbocycles. The van der Waals surface area contributed by atoms with Gasteiger partial charge in [0.25, 0.3) is 0 Å². The predicted molar refractivity (Wildman–Crippen MR) is 54.5 cm³/mol. The molecular formula is C8H14GeN2O3. The molecule has 1 aromatic heterocycles. The van der Waals surface area contributed by atoms with Crippen molar-refractivity contribution in [3.63, 3.8) is 0 Å². The molecule has 0 aliphatic heterocycles. The minimum absolute atomic E-state index is 0.382. The van der Waals surface area contributed by atoms with Gasteiger partial charge in [-0.15, -0.1) is 0 Å². The summed E-state index contributed by atoms with van der Waals surface area (Å²) < 4.78 is 6.23. The van der Waals surface area contributed by atoms with Crippen LogP contribution in [0.2, 0.25) is 17.3 Å². The van der Waals surface area contributed by atoms with Gasteiger partial charge in [-0.3, -0.25) is 0 Å². The summed E-state index contributed by atoms with van der Waals surface area (Å²) in [5.74, 6) is 7.03. The summed E-state index contributed by atoms with van der Waals surface area (Å²) in [7, 11) is 0. The van der Waals surface area contributed by atoms with Gasteiger partial charge in [-0.1, -0.05) is 0 Å². The SMILES string of the molecule is [CH3][Ge]([CH3])([CH3])[CH2]Oc1ccn(C(=O)O)n1. The second kappa shape index (κ2) is 4.04. The van der Waals surface area contributed by atoms with Gasteiger partial charge in [0, 0.05) is 0 Å². The first kappa shape index (κ1) is 11.1. The van der Waals surface area contributed by atoms with E-state index >= 15 is 0 Å². The number of nitrogens with zero attached hydrogens (tertiary/aromatic N) is 2. The van der Waals surface area contributed by atoms with Gasteiger partial charge in [-0.25, -0.2) is 0 Å². The molecule has 0 amide bonds. The van der Waals surface area contributed by atoms with Crippen molar-refractivity contribution in [2.45, 2.75) is 17.3 Å². The van der Waals surface area contributed by atoms with E-state index < -0.39 is 19.4 Å². The van der Waals surface area contributed by atoms with E-state index in [4.69, 9.17) is 9.84 Å². The Morgan fingerprint density at radius 1 is 1.64 bits per heavy atom. The third kappa shape index (κ3) is 3.41. The second-order valence-electron chi connectivity index (χ2n) is 4.23. The molecule has 1 heterocycles. The molecule has 1 aromatic rings. The van der Waals surface area contributed by atoms with Crippen LogP contribution in [0.4, 0.5) is 4.79 Å². The molecule has 14 heavy (non-hydrogen) atoms. The number of hydrogen-bond acceptors (Lipinski definition) is 3. The van der Waals surface area contributed by atoms with Gasteiger partial charge >= 0.3 is 84.6 Å². The quantitative estimate of drug-likeness (QED) is 0.838. The first-order valence-corrected chi connectivity index (χ1v) is 12.1. The van der Waals surface area contributed by atoms with Crippen LogP contribution in [0.1, 0.15) is 0 Å². The summed E-state index contributed by atoms with van der Waals surface area (Å²) in [5, 5.41) is 12.3. The molecule has 78 valence electrons. The van der Waals surface area contributed by atoms with Crippen molar-refractivity contribution in [2.75, 3.05) is 5.44 Å². The van der Waals surface area contributed by atoms with Crippen LogP contribution in [0.25, 0.3) is 0 Å². The summed E-state index contributed by atoms with van der Waals surface area (Å²) in [4.78, 5) is 10.5. The minimum atomic E-state index is -1.74. The van der Waals surface area contributed by atoms with Gasteiger partial charge in [0.2, 0.25) is 0 Å². The average Bonchev–Trinajstić information content (AvgIpc) is 2.47. The summed E-state index contributed by atoms with van der Waals surface area (Å²) in [6, 6.07) is 1.56. The number of carbonyl (C=O) groups is 1. The molecule has 0 radical (unpaired) electrons. The molecule has 0 aliphatic carbocycles. The maximum absolute atomic E-state index is 10.5. The number of carboxylic acid groups (broad SMARTS) is 1. The molecule has 0 aliphatic rings. The average molecular weight is 259 g/mol. The number of aromatic nitrogens is 2. The monoisotopic (exact) mass is 260 g/mol. The van der Waals surface area contributed by atoms with E-state index in [1.165, 1.54) is 6.20 Å². The number of hydrogen-bond donors (Lipinski definition) is 1. The molecule has 0 saturated heterocycles. The van der Waals surface area contributed by atoms with E-state index in [2.05, 4.69) is 22.4 Å². The topological polar surface area (TPSA) is 64.3 Å². The summed E-state index contributed by atoms with van der Waals surface area (Å²) >= 11 is -1.74. The third-order valence-electron chi connectivity index (χ3n) is 1.41. The Kier molecular flexibility index (Phi) is 3.20. The van der Waals surface area contributed by atoms with Gasteiger partial charge < -0.3 is 0 Å². The normalized spacial score (nSPS) is 11.4. The molecule has 6 heteroatoms. The van der Waals surface area contributed by atoms with Crippen molar-refractivity contribution in [3.05, 3.63) is 12.3 Å². The zero-order chi connectivity index (χ0) is 10.8. The van der Waals surface area contributed by atoms with E-state index in [0.717, 1.165) is 4.68 Å². The van der Waals surface area contributed by atoms with Crippen LogP contribution < -0.4 is 4.74 Å². The number of rotatable bonds is 3. The van der Waals surface area contributed by atoms with Crippen LogP contribution in [-0.4, -0.2) is 39.7 Å². The van der Waals surface area contributed by atoms with E-state index in [1.54, 1.807) is 6.07 Å². The third-order valence-corrected chi connectivity index (χ3v) is 3.53. The molecule has 1 rings (SSSR count). The van der Waals surface area contributed by atoms with E-state index in [1.807, 2.05) is 0 Å². The number of ether oxygens (including phenoxy) is 1. The second-order valence-corrected chi connectivity index (χ2v) is 15.6. The Balaban J connectivity index is 2.56. The van der Waals surface area contributed by atoms with Crippen molar-refractivity contribution in [1.82, 2.24) is 9.78 Å². The van der Waals surface area contributed by atoms with Gasteiger partial charge in [-0.2, -0.15) is 0 Å². The molecule has 0 fully saturated rings. The molecule has 0 spiro atoms. The molecule has 1 N–H and O–H groups in total. The fourth-order valence-electron chi connectivity index (χ4n) is 0.781. The molecule has 0 bridgehead atoms. The van der Waals surface area contributed by atoms with Crippen LogP contribution in [0.15, 0.2) is 12.3 Å². The Labute approximate surface area is 85.0 Å². The van der Waals surface area contributed by atoms with Crippen LogP contribution >= 0.6 is 0 Å². The van der Waals surface area contributed by atoms with Crippen molar-refractivity contribution < 1.29 is 14.6 Å². The Bertz CT molecular complexity index is 330. The molecule has 0 aromatic carbocycles. The molecule has 5 nitrogen and oxygen atoms in total. The molecule has 0 atom stereocenters. The Morgan fingerprint density at radius 2 is 2.29 bits per heavy atom. The zero-order valence-electron chi connectivity index (χ0n) is 8.52. The fourth-order valence-corrected chi connectivity index (χ4v) is 2.00. The van der Waals surface area contributed by atoms with E-state index in [9.17, 15) is 4.79 Å². The first-order valence-electron chi connectivity index (χ1n) is 4.30. The first-order chi connectivity index (χ1) is 6.38. The fraction of sp³-hybridized carbons (Fsp3) is 0.500. The van der Waals surface area contributed by atoms with Crippen molar-refractivity contribution in [3.8, 4) is 5.88 Å². The van der Waals surface area contributed by atoms with Gasteiger partial charge in [0.15, 0.2) is 0 Å². The predicted octanol–water partition coefficient (Wildman–Crippen LogP) is 1.67. The summed E-state index contributed by atoms with van der Waals surface area (Å²) in [6.07, 6.45) is 0.269. The van der Waals surface area contributed by atoms with E-state index in [-0.39, 0.29) is 0 Å². The standard InChI is InChI=1S/C8H14GeN2O3/c1-9(2,3)6-14-7-4-5-11(10-7)8(12)13/h4-5H,6H2,1-3H3,(H,12,13). The van der Waals surface area contributed by atoms with Crippen molar-refractivity contribution in [1.29, 1.82) is 0 Å². The Morgan fingerprint density at radius 3 is 2.71 bits per heavy atom. The summed E-state index contributed by atoms with van der Waals surface area (Å²) in [5.41, 5.74) is 0.691. The van der Waals surface area contributed by atoms with Crippen LogP contribution in [0.5, 0.6) is 5.88 Å². The maximum atomic E-state index is 10.5. The van der Waals surface area contributed by atoms with Crippen molar-refractivity contribution >= 4 is 19.4 Å². The summed E-state index contributed by atoms with van der Waals surface area (Å²) in [6.45, 7) is 0. The van der Waals surface area contributed by atoms with Crippen molar-refractivity contribution in [2.24, 2.45) is 0 Å². The zero-order valence-corrected chi connectivity index (χ0v) is 10.6. The van der Waals surface area contributed by atoms with Gasteiger partial charge in [-0.05, 0) is 0 Å². The molecule has 0 unspecified atom stereocenters. The van der Waals surface area contributed by atoms with Crippen LogP contribution in [-0.2, 0) is 0 Å². The van der Waals surface area contributed by atoms with Crippen LogP contribution in [0.3, 0.4) is 0 Å². The van der Waals surface area contributed by atoms with Gasteiger partial charge in [0.1, 0.15) is 0 Å². The van der Waals surface area contributed by atoms with Crippen LogP contribution in [0, 0.1) is 0 Å².